The molecule has 0 aromatic heterocycles. The first-order valence-corrected chi connectivity index (χ1v) is 7.14. The van der Waals surface area contributed by atoms with Crippen molar-refractivity contribution < 1.29 is 4.79 Å². The number of hydrogen-bond acceptors (Lipinski definition) is 2. The van der Waals surface area contributed by atoms with Gasteiger partial charge in [-0.15, -0.1) is 0 Å². The van der Waals surface area contributed by atoms with Crippen molar-refractivity contribution in [2.75, 3.05) is 19.6 Å². The molecule has 2 fully saturated rings. The van der Waals surface area contributed by atoms with Crippen molar-refractivity contribution >= 4 is 6.41 Å². The third kappa shape index (κ3) is 3.98. The Kier molecular flexibility index (Phi) is 5.30. The van der Waals surface area contributed by atoms with Crippen LogP contribution >= 0.6 is 0 Å². The highest BCUT2D eigenvalue weighted by molar-refractivity contribution is 5.46. The maximum Gasteiger partial charge on any atom is 0.207 e. The molecule has 17 heavy (non-hydrogen) atoms. The highest BCUT2D eigenvalue weighted by Gasteiger charge is 2.24. The molecule has 0 bridgehead atoms. The Morgan fingerprint density at radius 1 is 1.35 bits per heavy atom. The maximum absolute atomic E-state index is 10.7. The molecule has 0 spiro atoms. The van der Waals surface area contributed by atoms with Crippen molar-refractivity contribution in [2.24, 2.45) is 5.92 Å². The van der Waals surface area contributed by atoms with E-state index >= 15 is 0 Å². The van der Waals surface area contributed by atoms with Crippen LogP contribution in [0.5, 0.6) is 0 Å². The molecule has 1 heterocycles. The van der Waals surface area contributed by atoms with Gasteiger partial charge in [0.2, 0.25) is 6.41 Å². The van der Waals surface area contributed by atoms with Crippen LogP contribution in [-0.4, -0.2) is 37.0 Å². The molecule has 97 valence electrons. The summed E-state index contributed by atoms with van der Waals surface area (Å²) in [4.78, 5) is 13.2. The number of hydrogen-bond donors (Lipinski definition) is 1. The van der Waals surface area contributed by atoms with E-state index in [0.717, 1.165) is 31.8 Å². The molecule has 1 aliphatic carbocycles. The number of rotatable bonds is 6. The normalized spacial score (nSPS) is 24.7. The van der Waals surface area contributed by atoms with Crippen molar-refractivity contribution in [1.82, 2.24) is 10.2 Å². The van der Waals surface area contributed by atoms with Crippen LogP contribution in [0.2, 0.25) is 0 Å². The van der Waals surface area contributed by atoms with E-state index in [1.54, 1.807) is 0 Å². The lowest BCUT2D eigenvalue weighted by molar-refractivity contribution is -0.110. The molecule has 1 radical (unpaired) electrons. The molecule has 3 heteroatoms. The zero-order valence-corrected chi connectivity index (χ0v) is 10.7. The predicted octanol–water partition coefficient (Wildman–Crippen LogP) is 1.98. The molecule has 0 aromatic rings. The Morgan fingerprint density at radius 3 is 2.82 bits per heavy atom. The van der Waals surface area contributed by atoms with Gasteiger partial charge >= 0.3 is 0 Å². The number of likely N-dealkylation sites (tertiary alicyclic amines) is 1. The molecule has 1 aliphatic heterocycles. The molecule has 0 aromatic carbocycles. The van der Waals surface area contributed by atoms with Gasteiger partial charge < -0.3 is 10.2 Å². The Hall–Kier alpha value is -0.570. The van der Waals surface area contributed by atoms with E-state index in [4.69, 9.17) is 0 Å². The minimum absolute atomic E-state index is 0.411. The third-order valence-electron chi connectivity index (χ3n) is 4.29. The Bertz CT molecular complexity index is 220. The van der Waals surface area contributed by atoms with Gasteiger partial charge in [-0.05, 0) is 44.6 Å². The molecular weight excluding hydrogens is 212 g/mol. The van der Waals surface area contributed by atoms with Crippen molar-refractivity contribution in [2.45, 2.75) is 51.0 Å². The SMILES string of the molecule is O=CNC(CCN1C[CH]CC1)C1CCCCC1. The summed E-state index contributed by atoms with van der Waals surface area (Å²) in [5.41, 5.74) is 0. The van der Waals surface area contributed by atoms with Crippen LogP contribution < -0.4 is 5.32 Å². The second-order valence-corrected chi connectivity index (χ2v) is 5.46. The molecule has 3 nitrogen and oxygen atoms in total. The minimum atomic E-state index is 0.411. The fourth-order valence-electron chi connectivity index (χ4n) is 3.24. The van der Waals surface area contributed by atoms with Gasteiger partial charge in [-0.1, -0.05) is 19.3 Å². The Balaban J connectivity index is 1.76. The van der Waals surface area contributed by atoms with Crippen molar-refractivity contribution in [3.05, 3.63) is 6.42 Å². The third-order valence-corrected chi connectivity index (χ3v) is 4.29. The van der Waals surface area contributed by atoms with Crippen molar-refractivity contribution in [3.63, 3.8) is 0 Å². The maximum atomic E-state index is 10.7. The van der Waals surface area contributed by atoms with Gasteiger partial charge in [0.15, 0.2) is 0 Å². The van der Waals surface area contributed by atoms with E-state index in [1.165, 1.54) is 45.1 Å². The van der Waals surface area contributed by atoms with Crippen LogP contribution in [0.25, 0.3) is 0 Å². The molecule has 1 saturated carbocycles. The van der Waals surface area contributed by atoms with Crippen LogP contribution in [-0.2, 0) is 4.79 Å². The summed E-state index contributed by atoms with van der Waals surface area (Å²) in [6.07, 6.45) is 12.3. The summed E-state index contributed by atoms with van der Waals surface area (Å²) in [5.74, 6) is 0.723. The van der Waals surface area contributed by atoms with Gasteiger partial charge in [-0.2, -0.15) is 0 Å². The largest absolute Gasteiger partial charge is 0.356 e. The molecule has 1 N–H and O–H groups in total. The number of nitrogens with zero attached hydrogens (tertiary/aromatic N) is 1. The van der Waals surface area contributed by atoms with Crippen LogP contribution in [0, 0.1) is 12.3 Å². The Morgan fingerprint density at radius 2 is 2.18 bits per heavy atom. The monoisotopic (exact) mass is 237 g/mol. The van der Waals surface area contributed by atoms with Gasteiger partial charge in [0, 0.05) is 19.1 Å². The summed E-state index contributed by atoms with van der Waals surface area (Å²) < 4.78 is 0. The van der Waals surface area contributed by atoms with Crippen molar-refractivity contribution in [1.29, 1.82) is 0 Å². The van der Waals surface area contributed by atoms with Crippen LogP contribution in [0.4, 0.5) is 0 Å². The lowest BCUT2D eigenvalue weighted by atomic mass is 9.82. The van der Waals surface area contributed by atoms with E-state index < -0.39 is 0 Å². The summed E-state index contributed by atoms with van der Waals surface area (Å²) in [6.45, 7) is 3.48. The molecule has 1 amide bonds. The fraction of sp³-hybridized carbons (Fsp3) is 0.857. The first-order valence-electron chi connectivity index (χ1n) is 7.14. The number of carbonyl (C=O) groups excluding carboxylic acids is 1. The summed E-state index contributed by atoms with van der Waals surface area (Å²) in [6, 6.07) is 0.411. The first kappa shape index (κ1) is 12.9. The average Bonchev–Trinajstić information content (AvgIpc) is 2.88. The number of amides is 1. The molecular formula is C14H25N2O. The van der Waals surface area contributed by atoms with E-state index in [-0.39, 0.29) is 0 Å². The van der Waals surface area contributed by atoms with Crippen LogP contribution in [0.15, 0.2) is 0 Å². The topological polar surface area (TPSA) is 32.3 Å². The standard InChI is InChI=1S/C14H25N2O/c17-12-15-14(13-6-2-1-3-7-13)8-11-16-9-4-5-10-16/h4,12-14H,1-3,5-11H2,(H,15,17). The molecule has 1 unspecified atom stereocenters. The zero-order valence-electron chi connectivity index (χ0n) is 10.7. The second kappa shape index (κ2) is 7.00. The van der Waals surface area contributed by atoms with Gasteiger partial charge in [0.25, 0.3) is 0 Å². The van der Waals surface area contributed by atoms with E-state index in [9.17, 15) is 4.79 Å². The molecule has 2 rings (SSSR count). The molecule has 1 saturated heterocycles. The molecule has 1 atom stereocenters. The predicted molar refractivity (Wildman–Crippen MR) is 69.5 cm³/mol. The van der Waals surface area contributed by atoms with Gasteiger partial charge in [0.05, 0.1) is 0 Å². The van der Waals surface area contributed by atoms with Crippen molar-refractivity contribution in [3.8, 4) is 0 Å². The van der Waals surface area contributed by atoms with Gasteiger partial charge in [-0.25, -0.2) is 0 Å². The quantitative estimate of drug-likeness (QED) is 0.716. The van der Waals surface area contributed by atoms with E-state index in [2.05, 4.69) is 16.6 Å². The smallest absolute Gasteiger partial charge is 0.207 e. The second-order valence-electron chi connectivity index (χ2n) is 5.46. The summed E-state index contributed by atoms with van der Waals surface area (Å²) >= 11 is 0. The summed E-state index contributed by atoms with van der Waals surface area (Å²) in [5, 5.41) is 3.06. The lowest BCUT2D eigenvalue weighted by Crippen LogP contribution is -2.39. The Labute approximate surface area is 105 Å². The van der Waals surface area contributed by atoms with Crippen LogP contribution in [0.1, 0.15) is 44.9 Å². The average molecular weight is 237 g/mol. The molecule has 2 aliphatic rings. The van der Waals surface area contributed by atoms with E-state index in [0.29, 0.717) is 6.04 Å². The van der Waals surface area contributed by atoms with Gasteiger partial charge in [0.1, 0.15) is 0 Å². The minimum Gasteiger partial charge on any atom is -0.356 e. The number of nitrogens with one attached hydrogen (secondary N) is 1. The summed E-state index contributed by atoms with van der Waals surface area (Å²) in [7, 11) is 0. The highest BCUT2D eigenvalue weighted by atomic mass is 16.1. The highest BCUT2D eigenvalue weighted by Crippen LogP contribution is 2.27. The number of carbonyl (C=O) groups is 1. The van der Waals surface area contributed by atoms with E-state index in [1.807, 2.05) is 0 Å². The van der Waals surface area contributed by atoms with Crippen LogP contribution in [0.3, 0.4) is 0 Å². The first-order chi connectivity index (χ1) is 8.40. The fourth-order valence-corrected chi connectivity index (χ4v) is 3.24. The zero-order chi connectivity index (χ0) is 11.9. The lowest BCUT2D eigenvalue weighted by Gasteiger charge is -2.31. The van der Waals surface area contributed by atoms with Gasteiger partial charge in [-0.3, -0.25) is 4.79 Å².